The summed E-state index contributed by atoms with van der Waals surface area (Å²) < 4.78 is 7.21. The molecule has 0 spiro atoms. The van der Waals surface area contributed by atoms with E-state index in [1.807, 2.05) is 89.5 Å². The summed E-state index contributed by atoms with van der Waals surface area (Å²) in [5, 5.41) is 12.4. The summed E-state index contributed by atoms with van der Waals surface area (Å²) in [4.78, 5) is 12.4. The maximum atomic E-state index is 12.4. The Morgan fingerprint density at radius 1 is 0.968 bits per heavy atom. The molecule has 7 heteroatoms. The molecule has 0 atom stereocenters. The summed E-state index contributed by atoms with van der Waals surface area (Å²) in [7, 11) is 1.63. The van der Waals surface area contributed by atoms with Crippen molar-refractivity contribution in [3.63, 3.8) is 0 Å². The van der Waals surface area contributed by atoms with Gasteiger partial charge in [0.1, 0.15) is 5.75 Å². The van der Waals surface area contributed by atoms with Crippen molar-refractivity contribution in [3.05, 3.63) is 90.5 Å². The third-order valence-corrected chi connectivity index (χ3v) is 5.56. The Kier molecular flexibility index (Phi) is 6.64. The van der Waals surface area contributed by atoms with Crippen LogP contribution in [0.1, 0.15) is 5.56 Å². The third kappa shape index (κ3) is 5.13. The van der Waals surface area contributed by atoms with Gasteiger partial charge in [-0.05, 0) is 29.8 Å². The first kappa shape index (κ1) is 20.7. The van der Waals surface area contributed by atoms with Crippen molar-refractivity contribution in [1.29, 1.82) is 0 Å². The van der Waals surface area contributed by atoms with E-state index in [0.717, 1.165) is 28.4 Å². The number of para-hydroxylation sites is 1. The van der Waals surface area contributed by atoms with Crippen LogP contribution in [0.15, 0.2) is 90.1 Å². The van der Waals surface area contributed by atoms with Crippen molar-refractivity contribution >= 4 is 17.7 Å². The zero-order valence-electron chi connectivity index (χ0n) is 17.1. The number of carbonyl (C=O) groups is 1. The van der Waals surface area contributed by atoms with Crippen molar-refractivity contribution in [2.75, 3.05) is 12.9 Å². The van der Waals surface area contributed by atoms with Gasteiger partial charge in [0.25, 0.3) is 0 Å². The molecule has 156 valence electrons. The van der Waals surface area contributed by atoms with Crippen LogP contribution in [0.3, 0.4) is 0 Å². The molecule has 0 bridgehead atoms. The van der Waals surface area contributed by atoms with E-state index < -0.39 is 0 Å². The molecule has 1 amide bonds. The molecule has 0 saturated carbocycles. The first-order chi connectivity index (χ1) is 15.2. The predicted octanol–water partition coefficient (Wildman–Crippen LogP) is 4.35. The van der Waals surface area contributed by atoms with Gasteiger partial charge >= 0.3 is 0 Å². The number of rotatable bonds is 8. The number of thioether (sulfide) groups is 1. The maximum Gasteiger partial charge on any atom is 0.230 e. The summed E-state index contributed by atoms with van der Waals surface area (Å²) in [6.45, 7) is 0.442. The maximum absolute atomic E-state index is 12.4. The number of benzene rings is 3. The molecule has 4 aromatic rings. The summed E-state index contributed by atoms with van der Waals surface area (Å²) in [5.41, 5.74) is 2.90. The number of amides is 1. The fraction of sp³-hybridized carbons (Fsp3) is 0.125. The Bertz CT molecular complexity index is 1150. The normalized spacial score (nSPS) is 10.6. The van der Waals surface area contributed by atoms with Gasteiger partial charge in [-0.3, -0.25) is 9.36 Å². The second-order valence-electron chi connectivity index (χ2n) is 6.76. The quantitative estimate of drug-likeness (QED) is 0.421. The molecular formula is C24H22N4O2S. The van der Waals surface area contributed by atoms with E-state index in [2.05, 4.69) is 15.5 Å². The first-order valence-corrected chi connectivity index (χ1v) is 10.8. The van der Waals surface area contributed by atoms with Crippen molar-refractivity contribution in [2.24, 2.45) is 0 Å². The van der Waals surface area contributed by atoms with Crippen molar-refractivity contribution in [3.8, 4) is 22.8 Å². The van der Waals surface area contributed by atoms with Crippen molar-refractivity contribution in [2.45, 2.75) is 11.7 Å². The smallest absolute Gasteiger partial charge is 0.230 e. The highest BCUT2D eigenvalue weighted by molar-refractivity contribution is 7.99. The molecule has 1 heterocycles. The highest BCUT2D eigenvalue weighted by atomic mass is 32.2. The highest BCUT2D eigenvalue weighted by Crippen LogP contribution is 2.27. The minimum atomic E-state index is -0.0725. The summed E-state index contributed by atoms with van der Waals surface area (Å²) in [5.74, 6) is 1.68. The minimum Gasteiger partial charge on any atom is -0.497 e. The number of aromatic nitrogens is 3. The second kappa shape index (κ2) is 9.95. The molecule has 0 unspecified atom stereocenters. The van der Waals surface area contributed by atoms with Crippen LogP contribution in [0.4, 0.5) is 0 Å². The van der Waals surface area contributed by atoms with Gasteiger partial charge < -0.3 is 10.1 Å². The number of nitrogens with zero attached hydrogens (tertiary/aromatic N) is 3. The number of ether oxygens (including phenoxy) is 1. The van der Waals surface area contributed by atoms with Gasteiger partial charge in [0.15, 0.2) is 11.0 Å². The van der Waals surface area contributed by atoms with E-state index in [1.165, 1.54) is 11.8 Å². The van der Waals surface area contributed by atoms with Crippen LogP contribution in [0.5, 0.6) is 5.75 Å². The minimum absolute atomic E-state index is 0.0725. The highest BCUT2D eigenvalue weighted by Gasteiger charge is 2.17. The molecule has 3 aromatic carbocycles. The van der Waals surface area contributed by atoms with Crippen molar-refractivity contribution < 1.29 is 9.53 Å². The van der Waals surface area contributed by atoms with Gasteiger partial charge in [0, 0.05) is 17.8 Å². The van der Waals surface area contributed by atoms with E-state index in [-0.39, 0.29) is 11.7 Å². The van der Waals surface area contributed by atoms with Gasteiger partial charge in [-0.1, -0.05) is 72.4 Å². The molecular weight excluding hydrogens is 408 g/mol. The number of methoxy groups -OCH3 is 1. The Balaban J connectivity index is 1.48. The van der Waals surface area contributed by atoms with Crippen LogP contribution in [0.2, 0.25) is 0 Å². The monoisotopic (exact) mass is 430 g/mol. The second-order valence-corrected chi connectivity index (χ2v) is 7.70. The fourth-order valence-electron chi connectivity index (χ4n) is 3.11. The lowest BCUT2D eigenvalue weighted by Gasteiger charge is -2.10. The summed E-state index contributed by atoms with van der Waals surface area (Å²) >= 11 is 1.36. The van der Waals surface area contributed by atoms with Crippen LogP contribution in [0, 0.1) is 0 Å². The zero-order chi connectivity index (χ0) is 21.5. The zero-order valence-corrected chi connectivity index (χ0v) is 17.9. The van der Waals surface area contributed by atoms with Crippen LogP contribution >= 0.6 is 11.8 Å². The van der Waals surface area contributed by atoms with Gasteiger partial charge in [0.2, 0.25) is 5.91 Å². The molecule has 1 N–H and O–H groups in total. The first-order valence-electron chi connectivity index (χ1n) is 9.83. The molecule has 6 nitrogen and oxygen atoms in total. The van der Waals surface area contributed by atoms with E-state index >= 15 is 0 Å². The molecule has 1 aromatic heterocycles. The number of carbonyl (C=O) groups excluding carboxylic acids is 1. The average Bonchev–Trinajstić information content (AvgIpc) is 3.26. The molecule has 0 aliphatic rings. The molecule has 0 radical (unpaired) electrons. The number of nitrogens with one attached hydrogen (secondary N) is 1. The van der Waals surface area contributed by atoms with Gasteiger partial charge in [-0.2, -0.15) is 0 Å². The summed E-state index contributed by atoms with van der Waals surface area (Å²) in [6, 6.07) is 27.5. The van der Waals surface area contributed by atoms with E-state index in [1.54, 1.807) is 7.11 Å². The lowest BCUT2D eigenvalue weighted by Crippen LogP contribution is -2.24. The van der Waals surface area contributed by atoms with E-state index in [0.29, 0.717) is 11.7 Å². The molecule has 0 fully saturated rings. The molecule has 31 heavy (non-hydrogen) atoms. The lowest BCUT2D eigenvalue weighted by molar-refractivity contribution is -0.118. The van der Waals surface area contributed by atoms with Crippen LogP contribution in [0.25, 0.3) is 17.1 Å². The molecule has 0 saturated heterocycles. The summed E-state index contributed by atoms with van der Waals surface area (Å²) in [6.07, 6.45) is 0. The third-order valence-electron chi connectivity index (χ3n) is 4.64. The SMILES string of the molecule is COc1cccc(CNC(=O)CSc2nnc(-c3ccccc3)n2-c2ccccc2)c1. The Labute approximate surface area is 185 Å². The van der Waals surface area contributed by atoms with E-state index in [9.17, 15) is 4.79 Å². The number of hydrogen-bond acceptors (Lipinski definition) is 5. The van der Waals surface area contributed by atoms with E-state index in [4.69, 9.17) is 4.74 Å². The fourth-order valence-corrected chi connectivity index (χ4v) is 3.89. The Morgan fingerprint density at radius 3 is 2.45 bits per heavy atom. The van der Waals surface area contributed by atoms with Crippen LogP contribution in [-0.2, 0) is 11.3 Å². The van der Waals surface area contributed by atoms with Gasteiger partial charge in [0.05, 0.1) is 12.9 Å². The van der Waals surface area contributed by atoms with Gasteiger partial charge in [-0.15, -0.1) is 10.2 Å². The Morgan fingerprint density at radius 2 is 1.71 bits per heavy atom. The number of hydrogen-bond donors (Lipinski definition) is 1. The van der Waals surface area contributed by atoms with Crippen LogP contribution < -0.4 is 10.1 Å². The predicted molar refractivity (Wildman–Crippen MR) is 122 cm³/mol. The van der Waals surface area contributed by atoms with Gasteiger partial charge in [-0.25, -0.2) is 0 Å². The average molecular weight is 431 g/mol. The van der Waals surface area contributed by atoms with Crippen molar-refractivity contribution in [1.82, 2.24) is 20.1 Å². The molecule has 0 aliphatic heterocycles. The lowest BCUT2D eigenvalue weighted by atomic mass is 10.2. The van der Waals surface area contributed by atoms with Crippen LogP contribution in [-0.4, -0.2) is 33.5 Å². The Hall–Kier alpha value is -3.58. The topological polar surface area (TPSA) is 69.0 Å². The largest absolute Gasteiger partial charge is 0.497 e. The standard InChI is InChI=1S/C24H22N4O2S/c1-30-21-14-8-9-18(15-21)16-25-22(29)17-31-24-27-26-23(19-10-4-2-5-11-19)28(24)20-12-6-3-7-13-20/h2-15H,16-17H2,1H3,(H,25,29). The molecule has 4 rings (SSSR count). The molecule has 0 aliphatic carbocycles.